The molecule has 0 saturated carbocycles. The maximum atomic E-state index is 12.3. The molecule has 3 rings (SSSR count). The van der Waals surface area contributed by atoms with Crippen molar-refractivity contribution in [2.75, 3.05) is 42.1 Å². The number of carbonyl (C=O) groups excluding carboxylic acids is 1. The van der Waals surface area contributed by atoms with E-state index in [1.807, 2.05) is 0 Å². The lowest BCUT2D eigenvalue weighted by atomic mass is 10.4. The first-order chi connectivity index (χ1) is 10.2. The molecule has 1 aliphatic heterocycles. The lowest BCUT2D eigenvalue weighted by molar-refractivity contribution is 0.103. The summed E-state index contributed by atoms with van der Waals surface area (Å²) in [5.74, 6) is 0.0225. The molecule has 1 fully saturated rings. The van der Waals surface area contributed by atoms with E-state index in [0.717, 1.165) is 31.3 Å². The number of hydrogen-bond acceptors (Lipinski definition) is 7. The second kappa shape index (κ2) is 6.06. The van der Waals surface area contributed by atoms with E-state index in [4.69, 9.17) is 5.73 Å². The number of nitrogen functional groups attached to an aromatic ring is 1. The van der Waals surface area contributed by atoms with Crippen LogP contribution >= 0.6 is 11.3 Å². The van der Waals surface area contributed by atoms with Crippen LogP contribution in [0.4, 0.5) is 16.6 Å². The molecule has 0 aliphatic carbocycles. The molecule has 2 aromatic heterocycles. The maximum Gasteiger partial charge on any atom is 0.269 e. The number of amides is 1. The maximum absolute atomic E-state index is 12.3. The molecule has 0 aromatic carbocycles. The van der Waals surface area contributed by atoms with Crippen molar-refractivity contribution < 1.29 is 4.79 Å². The van der Waals surface area contributed by atoms with Crippen LogP contribution < -0.4 is 21.3 Å². The molecule has 0 unspecified atom stereocenters. The lowest BCUT2D eigenvalue weighted by Gasteiger charge is -2.26. The quantitative estimate of drug-likeness (QED) is 0.775. The number of anilines is 3. The molecule has 0 bridgehead atoms. The van der Waals surface area contributed by atoms with E-state index < -0.39 is 0 Å². The molecule has 0 radical (unpaired) electrons. The number of nitrogens with one attached hydrogen (secondary N) is 2. The van der Waals surface area contributed by atoms with Crippen LogP contribution in [0.25, 0.3) is 0 Å². The van der Waals surface area contributed by atoms with Crippen molar-refractivity contribution in [1.82, 2.24) is 15.3 Å². The minimum atomic E-state index is -0.251. The first kappa shape index (κ1) is 13.8. The van der Waals surface area contributed by atoms with Crippen LogP contribution in [0.2, 0.25) is 0 Å². The summed E-state index contributed by atoms with van der Waals surface area (Å²) < 4.78 is 0. The van der Waals surface area contributed by atoms with E-state index in [1.54, 1.807) is 24.5 Å². The molecule has 0 spiro atoms. The molecule has 21 heavy (non-hydrogen) atoms. The van der Waals surface area contributed by atoms with Gasteiger partial charge in [-0.05, 0) is 12.1 Å². The fourth-order valence-electron chi connectivity index (χ4n) is 2.10. The molecule has 7 nitrogen and oxygen atoms in total. The van der Waals surface area contributed by atoms with Gasteiger partial charge in [0.25, 0.3) is 5.91 Å². The van der Waals surface area contributed by atoms with E-state index in [1.165, 1.54) is 11.3 Å². The molecular formula is C13H16N6OS. The number of carbonyl (C=O) groups is 1. The van der Waals surface area contributed by atoms with Gasteiger partial charge in [-0.15, -0.1) is 0 Å². The predicted octanol–water partition coefficient (Wildman–Crippen LogP) is 0.782. The first-order valence-electron chi connectivity index (χ1n) is 6.67. The van der Waals surface area contributed by atoms with Gasteiger partial charge >= 0.3 is 0 Å². The fourth-order valence-corrected chi connectivity index (χ4v) is 3.03. The number of aromatic nitrogens is 2. The smallest absolute Gasteiger partial charge is 0.269 e. The number of hydrogen-bond donors (Lipinski definition) is 3. The van der Waals surface area contributed by atoms with Gasteiger partial charge in [0.15, 0.2) is 5.13 Å². The Labute approximate surface area is 126 Å². The highest BCUT2D eigenvalue weighted by Crippen LogP contribution is 2.28. The van der Waals surface area contributed by atoms with E-state index in [-0.39, 0.29) is 11.7 Å². The third-order valence-electron chi connectivity index (χ3n) is 3.16. The number of piperazine rings is 1. The third kappa shape index (κ3) is 3.11. The van der Waals surface area contributed by atoms with Gasteiger partial charge in [-0.3, -0.25) is 9.78 Å². The molecule has 8 heteroatoms. The molecule has 3 heterocycles. The molecule has 2 aromatic rings. The second-order valence-corrected chi connectivity index (χ2v) is 5.62. The summed E-state index contributed by atoms with van der Waals surface area (Å²) in [6, 6.07) is 3.54. The van der Waals surface area contributed by atoms with Crippen LogP contribution in [-0.2, 0) is 0 Å². The van der Waals surface area contributed by atoms with Crippen molar-refractivity contribution in [3.63, 3.8) is 0 Å². The van der Waals surface area contributed by atoms with Crippen molar-refractivity contribution in [2.24, 2.45) is 0 Å². The lowest BCUT2D eigenvalue weighted by Crippen LogP contribution is -2.43. The Balaban J connectivity index is 1.75. The van der Waals surface area contributed by atoms with Gasteiger partial charge in [-0.1, -0.05) is 11.3 Å². The monoisotopic (exact) mass is 304 g/mol. The normalized spacial score (nSPS) is 15.0. The topological polar surface area (TPSA) is 96.2 Å². The van der Waals surface area contributed by atoms with Crippen molar-refractivity contribution >= 4 is 33.9 Å². The number of thiazole rings is 1. The van der Waals surface area contributed by atoms with Crippen LogP contribution in [0, 0.1) is 0 Å². The van der Waals surface area contributed by atoms with Crippen LogP contribution in [0.15, 0.2) is 24.5 Å². The Morgan fingerprint density at radius 1 is 1.43 bits per heavy atom. The van der Waals surface area contributed by atoms with E-state index in [0.29, 0.717) is 10.6 Å². The van der Waals surface area contributed by atoms with E-state index >= 15 is 0 Å². The summed E-state index contributed by atoms with van der Waals surface area (Å²) in [7, 11) is 0. The largest absolute Gasteiger partial charge is 0.382 e. The standard InChI is InChI=1S/C13H16N6OS/c14-11-10(12(20)17-9-2-1-3-16-8-9)21-13(18-11)19-6-4-15-5-7-19/h1-3,8,15H,4-7,14H2,(H,17,20). The average molecular weight is 304 g/mol. The van der Waals surface area contributed by atoms with Gasteiger partial charge in [0.1, 0.15) is 10.7 Å². The summed E-state index contributed by atoms with van der Waals surface area (Å²) in [5.41, 5.74) is 6.52. The van der Waals surface area contributed by atoms with Gasteiger partial charge < -0.3 is 21.3 Å². The molecular weight excluding hydrogens is 288 g/mol. The summed E-state index contributed by atoms with van der Waals surface area (Å²) in [6.07, 6.45) is 3.24. The Morgan fingerprint density at radius 3 is 2.95 bits per heavy atom. The Kier molecular flexibility index (Phi) is 3.98. The molecule has 1 amide bonds. The zero-order chi connectivity index (χ0) is 14.7. The summed E-state index contributed by atoms with van der Waals surface area (Å²) in [6.45, 7) is 3.57. The number of nitrogens with two attached hydrogens (primary N) is 1. The van der Waals surface area contributed by atoms with Crippen LogP contribution in [0.1, 0.15) is 9.67 Å². The van der Waals surface area contributed by atoms with Gasteiger partial charge in [-0.25, -0.2) is 4.98 Å². The van der Waals surface area contributed by atoms with Crippen molar-refractivity contribution in [2.45, 2.75) is 0 Å². The zero-order valence-corrected chi connectivity index (χ0v) is 12.2. The van der Waals surface area contributed by atoms with Gasteiger partial charge in [0, 0.05) is 32.4 Å². The zero-order valence-electron chi connectivity index (χ0n) is 11.4. The summed E-state index contributed by atoms with van der Waals surface area (Å²) >= 11 is 1.32. The summed E-state index contributed by atoms with van der Waals surface area (Å²) in [4.78, 5) is 23.1. The molecule has 110 valence electrons. The Bertz CT molecular complexity index is 623. The fraction of sp³-hybridized carbons (Fsp3) is 0.308. The van der Waals surface area contributed by atoms with Crippen LogP contribution in [0.3, 0.4) is 0 Å². The van der Waals surface area contributed by atoms with E-state index in [2.05, 4.69) is 25.5 Å². The van der Waals surface area contributed by atoms with Crippen molar-refractivity contribution in [1.29, 1.82) is 0 Å². The summed E-state index contributed by atoms with van der Waals surface area (Å²) in [5, 5.41) is 6.85. The number of pyridine rings is 1. The number of rotatable bonds is 3. The minimum Gasteiger partial charge on any atom is -0.382 e. The highest BCUT2D eigenvalue weighted by molar-refractivity contribution is 7.18. The van der Waals surface area contributed by atoms with Gasteiger partial charge in [-0.2, -0.15) is 0 Å². The Hall–Kier alpha value is -2.19. The van der Waals surface area contributed by atoms with E-state index in [9.17, 15) is 4.79 Å². The molecule has 1 saturated heterocycles. The minimum absolute atomic E-state index is 0.251. The van der Waals surface area contributed by atoms with Gasteiger partial charge in [0.2, 0.25) is 0 Å². The van der Waals surface area contributed by atoms with Crippen LogP contribution in [-0.4, -0.2) is 42.1 Å². The van der Waals surface area contributed by atoms with Crippen LogP contribution in [0.5, 0.6) is 0 Å². The SMILES string of the molecule is Nc1nc(N2CCNCC2)sc1C(=O)Nc1cccnc1. The molecule has 0 atom stereocenters. The van der Waals surface area contributed by atoms with Gasteiger partial charge in [0.05, 0.1) is 11.9 Å². The predicted molar refractivity (Wildman–Crippen MR) is 83.8 cm³/mol. The van der Waals surface area contributed by atoms with Crippen molar-refractivity contribution in [3.8, 4) is 0 Å². The van der Waals surface area contributed by atoms with Crippen molar-refractivity contribution in [3.05, 3.63) is 29.4 Å². The first-order valence-corrected chi connectivity index (χ1v) is 7.49. The Morgan fingerprint density at radius 2 is 2.24 bits per heavy atom. The highest BCUT2D eigenvalue weighted by atomic mass is 32.1. The second-order valence-electron chi connectivity index (χ2n) is 4.64. The number of nitrogens with zero attached hydrogens (tertiary/aromatic N) is 3. The highest BCUT2D eigenvalue weighted by Gasteiger charge is 2.20. The molecule has 4 N–H and O–H groups in total. The third-order valence-corrected chi connectivity index (χ3v) is 4.29. The average Bonchev–Trinajstić information content (AvgIpc) is 2.91. The molecule has 1 aliphatic rings.